The van der Waals surface area contributed by atoms with Gasteiger partial charge in [0.25, 0.3) is 11.5 Å². The summed E-state index contributed by atoms with van der Waals surface area (Å²) in [5, 5.41) is 15.3. The predicted molar refractivity (Wildman–Crippen MR) is 101 cm³/mol. The van der Waals surface area contributed by atoms with Gasteiger partial charge in [0.1, 0.15) is 12.2 Å². The van der Waals surface area contributed by atoms with E-state index in [1.165, 1.54) is 29.4 Å². The van der Waals surface area contributed by atoms with Crippen LogP contribution in [0.15, 0.2) is 21.2 Å². The molecule has 28 heavy (non-hydrogen) atoms. The number of hydrogen-bond acceptors (Lipinski definition) is 7. The van der Waals surface area contributed by atoms with Gasteiger partial charge in [0.15, 0.2) is 0 Å². The number of carbonyl (C=O) groups is 2. The molecule has 3 heterocycles. The smallest absolute Gasteiger partial charge is 0.328 e. The first-order valence-corrected chi connectivity index (χ1v) is 9.60. The zero-order valence-electron chi connectivity index (χ0n) is 15.5. The SMILES string of the molecule is Cc1nc(C(=O)N[C@H]2C[C@@H](O)CN(C(=O)Cn3cc(C)c(=O)[nH]c3=O)C2)cs1. The minimum absolute atomic E-state index is 0.109. The van der Waals surface area contributed by atoms with E-state index < -0.39 is 29.3 Å². The van der Waals surface area contributed by atoms with Crippen molar-refractivity contribution in [1.29, 1.82) is 0 Å². The van der Waals surface area contributed by atoms with Crippen LogP contribution in [0.25, 0.3) is 0 Å². The minimum Gasteiger partial charge on any atom is -0.391 e. The van der Waals surface area contributed by atoms with Gasteiger partial charge in [-0.05, 0) is 20.3 Å². The van der Waals surface area contributed by atoms with Crippen molar-refractivity contribution >= 4 is 23.2 Å². The number of nitrogens with zero attached hydrogens (tertiary/aromatic N) is 3. The first-order valence-electron chi connectivity index (χ1n) is 8.72. The number of amides is 2. The molecule has 0 aromatic carbocycles. The first kappa shape index (κ1) is 20.0. The average molecular weight is 407 g/mol. The summed E-state index contributed by atoms with van der Waals surface area (Å²) in [7, 11) is 0. The molecular weight excluding hydrogens is 386 g/mol. The third-order valence-corrected chi connectivity index (χ3v) is 5.24. The number of aromatic amines is 1. The van der Waals surface area contributed by atoms with Crippen molar-refractivity contribution in [3.63, 3.8) is 0 Å². The molecule has 0 radical (unpaired) electrons. The van der Waals surface area contributed by atoms with E-state index in [1.807, 2.05) is 0 Å². The van der Waals surface area contributed by atoms with E-state index in [1.54, 1.807) is 12.3 Å². The van der Waals surface area contributed by atoms with Crippen LogP contribution < -0.4 is 16.6 Å². The number of nitrogens with one attached hydrogen (secondary N) is 2. The largest absolute Gasteiger partial charge is 0.391 e. The van der Waals surface area contributed by atoms with E-state index >= 15 is 0 Å². The van der Waals surface area contributed by atoms with Gasteiger partial charge >= 0.3 is 5.69 Å². The molecule has 1 saturated heterocycles. The molecule has 2 aromatic heterocycles. The van der Waals surface area contributed by atoms with Gasteiger partial charge in [0.2, 0.25) is 5.91 Å². The van der Waals surface area contributed by atoms with Crippen LogP contribution in [0, 0.1) is 13.8 Å². The summed E-state index contributed by atoms with van der Waals surface area (Å²) in [6, 6.07) is -0.434. The number of rotatable bonds is 4. The van der Waals surface area contributed by atoms with E-state index in [0.717, 1.165) is 9.57 Å². The molecule has 10 nitrogen and oxygen atoms in total. The second-order valence-corrected chi connectivity index (χ2v) is 7.87. The van der Waals surface area contributed by atoms with Gasteiger partial charge < -0.3 is 15.3 Å². The molecule has 1 fully saturated rings. The van der Waals surface area contributed by atoms with E-state index in [2.05, 4.69) is 15.3 Å². The van der Waals surface area contributed by atoms with Crippen molar-refractivity contribution < 1.29 is 14.7 Å². The highest BCUT2D eigenvalue weighted by atomic mass is 32.1. The molecule has 0 aliphatic carbocycles. The molecule has 11 heteroatoms. The number of hydrogen-bond donors (Lipinski definition) is 3. The van der Waals surface area contributed by atoms with Crippen LogP contribution in [0.3, 0.4) is 0 Å². The highest BCUT2D eigenvalue weighted by molar-refractivity contribution is 7.09. The molecule has 0 saturated carbocycles. The number of aliphatic hydroxyl groups is 1. The first-order chi connectivity index (χ1) is 13.2. The fraction of sp³-hybridized carbons (Fsp3) is 0.471. The van der Waals surface area contributed by atoms with Crippen LogP contribution in [0.1, 0.15) is 27.5 Å². The number of aryl methyl sites for hydroxylation is 2. The second-order valence-electron chi connectivity index (χ2n) is 6.81. The van der Waals surface area contributed by atoms with Crippen molar-refractivity contribution in [1.82, 2.24) is 24.8 Å². The van der Waals surface area contributed by atoms with Crippen molar-refractivity contribution in [3.05, 3.63) is 48.7 Å². The number of β-amino-alcohol motifs (C(OH)–C–C–N with tert-alkyl or cyclic N) is 1. The molecule has 0 bridgehead atoms. The number of thiazole rings is 1. The molecular formula is C17H21N5O5S. The number of H-pyrrole nitrogens is 1. The highest BCUT2D eigenvalue weighted by Crippen LogP contribution is 2.14. The summed E-state index contributed by atoms with van der Waals surface area (Å²) in [5.41, 5.74) is -0.558. The molecule has 1 aliphatic rings. The second kappa shape index (κ2) is 8.07. The highest BCUT2D eigenvalue weighted by Gasteiger charge is 2.30. The molecule has 0 unspecified atom stereocenters. The Balaban J connectivity index is 1.67. The quantitative estimate of drug-likeness (QED) is 0.595. The average Bonchev–Trinajstić information content (AvgIpc) is 3.05. The van der Waals surface area contributed by atoms with Crippen molar-refractivity contribution in [2.24, 2.45) is 0 Å². The molecule has 150 valence electrons. The fourth-order valence-electron chi connectivity index (χ4n) is 3.09. The maximum Gasteiger partial charge on any atom is 0.328 e. The third-order valence-electron chi connectivity index (χ3n) is 4.46. The Labute approximate surface area is 163 Å². The standard InChI is InChI=1S/C17H21N5O5S/c1-9-4-22(17(27)20-15(9)25)7-14(24)21-5-11(3-12(23)6-21)19-16(26)13-8-28-10(2)18-13/h4,8,11-12,23H,3,5-7H2,1-2H3,(H,19,26)(H,20,25,27)/t11-,12+/m0/s1. The Morgan fingerprint density at radius 3 is 2.79 bits per heavy atom. The van der Waals surface area contributed by atoms with Gasteiger partial charge in [-0.3, -0.25) is 23.9 Å². The molecule has 2 aromatic rings. The number of piperidine rings is 1. The van der Waals surface area contributed by atoms with E-state index in [-0.39, 0.29) is 25.5 Å². The predicted octanol–water partition coefficient (Wildman–Crippen LogP) is -0.998. The maximum atomic E-state index is 12.6. The zero-order valence-corrected chi connectivity index (χ0v) is 16.3. The molecule has 0 spiro atoms. The number of likely N-dealkylation sites (tertiary alicyclic amines) is 1. The monoisotopic (exact) mass is 407 g/mol. The number of aromatic nitrogens is 3. The summed E-state index contributed by atoms with van der Waals surface area (Å²) in [5.74, 6) is -0.751. The summed E-state index contributed by atoms with van der Waals surface area (Å²) >= 11 is 1.36. The molecule has 2 amide bonds. The van der Waals surface area contributed by atoms with Gasteiger partial charge in [-0.2, -0.15) is 0 Å². The molecule has 2 atom stereocenters. The van der Waals surface area contributed by atoms with E-state index in [9.17, 15) is 24.3 Å². The van der Waals surface area contributed by atoms with Crippen molar-refractivity contribution in [2.75, 3.05) is 13.1 Å². The van der Waals surface area contributed by atoms with Gasteiger partial charge in [0.05, 0.1) is 11.1 Å². The van der Waals surface area contributed by atoms with Crippen molar-refractivity contribution in [2.45, 2.75) is 39.0 Å². The molecule has 1 aliphatic heterocycles. The lowest BCUT2D eigenvalue weighted by Gasteiger charge is -2.36. The number of carbonyl (C=O) groups excluding carboxylic acids is 2. The van der Waals surface area contributed by atoms with Crippen LogP contribution >= 0.6 is 11.3 Å². The summed E-state index contributed by atoms with van der Waals surface area (Å²) < 4.78 is 1.12. The van der Waals surface area contributed by atoms with Crippen LogP contribution in [-0.4, -0.2) is 61.6 Å². The van der Waals surface area contributed by atoms with Crippen LogP contribution in [0.2, 0.25) is 0 Å². The van der Waals surface area contributed by atoms with Gasteiger partial charge in [0, 0.05) is 36.3 Å². The van der Waals surface area contributed by atoms with Gasteiger partial charge in [-0.15, -0.1) is 11.3 Å². The van der Waals surface area contributed by atoms with Crippen LogP contribution in [-0.2, 0) is 11.3 Å². The maximum absolute atomic E-state index is 12.6. The Hall–Kier alpha value is -2.79. The summed E-state index contributed by atoms with van der Waals surface area (Å²) in [6.07, 6.45) is 0.841. The van der Waals surface area contributed by atoms with Gasteiger partial charge in [-0.25, -0.2) is 9.78 Å². The Kier molecular flexibility index (Phi) is 5.75. The summed E-state index contributed by atoms with van der Waals surface area (Å²) in [6.45, 7) is 3.39. The summed E-state index contributed by atoms with van der Waals surface area (Å²) in [4.78, 5) is 55.9. The van der Waals surface area contributed by atoms with Crippen molar-refractivity contribution in [3.8, 4) is 0 Å². The third kappa shape index (κ3) is 4.54. The Morgan fingerprint density at radius 1 is 1.36 bits per heavy atom. The van der Waals surface area contributed by atoms with E-state index in [0.29, 0.717) is 17.7 Å². The van der Waals surface area contributed by atoms with Crippen LogP contribution in [0.4, 0.5) is 0 Å². The Morgan fingerprint density at radius 2 is 2.11 bits per heavy atom. The lowest BCUT2D eigenvalue weighted by Crippen LogP contribution is -2.55. The topological polar surface area (TPSA) is 137 Å². The lowest BCUT2D eigenvalue weighted by atomic mass is 10.0. The lowest BCUT2D eigenvalue weighted by molar-refractivity contribution is -0.135. The van der Waals surface area contributed by atoms with Gasteiger partial charge in [-0.1, -0.05) is 0 Å². The fourth-order valence-corrected chi connectivity index (χ4v) is 3.68. The minimum atomic E-state index is -0.797. The number of aliphatic hydroxyl groups excluding tert-OH is 1. The zero-order chi connectivity index (χ0) is 20.4. The normalized spacial score (nSPS) is 19.5. The molecule has 3 rings (SSSR count). The van der Waals surface area contributed by atoms with E-state index in [4.69, 9.17) is 0 Å². The van der Waals surface area contributed by atoms with Crippen LogP contribution in [0.5, 0.6) is 0 Å². The molecule has 3 N–H and O–H groups in total. The Bertz CT molecular complexity index is 1010.